The van der Waals surface area contributed by atoms with Gasteiger partial charge in [0.15, 0.2) is 0 Å². The number of benzene rings is 2. The number of amides is 1. The van der Waals surface area contributed by atoms with Gasteiger partial charge in [-0.05, 0) is 55.9 Å². The third-order valence-corrected chi connectivity index (χ3v) is 5.99. The maximum Gasteiger partial charge on any atom is 0.339 e. The Morgan fingerprint density at radius 2 is 1.77 bits per heavy atom. The summed E-state index contributed by atoms with van der Waals surface area (Å²) in [5, 5.41) is 3.51. The van der Waals surface area contributed by atoms with Crippen molar-refractivity contribution in [2.24, 2.45) is 11.8 Å². The van der Waals surface area contributed by atoms with Gasteiger partial charge in [-0.1, -0.05) is 24.3 Å². The first-order chi connectivity index (χ1) is 15.1. The second-order valence-electron chi connectivity index (χ2n) is 7.96. The van der Waals surface area contributed by atoms with E-state index in [2.05, 4.69) is 10.3 Å². The SMILES string of the molecule is COC(=O)c1ccccc1NC(=O)C1CCC(Cn2cnc3ccccc3c2=O)CC1. The molecule has 0 bridgehead atoms. The van der Waals surface area contributed by atoms with Gasteiger partial charge in [-0.2, -0.15) is 0 Å². The van der Waals surface area contributed by atoms with E-state index in [1.807, 2.05) is 18.2 Å². The molecule has 0 saturated heterocycles. The van der Waals surface area contributed by atoms with Crippen molar-refractivity contribution in [1.82, 2.24) is 9.55 Å². The first-order valence-corrected chi connectivity index (χ1v) is 10.5. The number of hydrogen-bond acceptors (Lipinski definition) is 5. The van der Waals surface area contributed by atoms with E-state index < -0.39 is 5.97 Å². The van der Waals surface area contributed by atoms with Crippen LogP contribution in [0.4, 0.5) is 5.69 Å². The van der Waals surface area contributed by atoms with Crippen LogP contribution >= 0.6 is 0 Å². The van der Waals surface area contributed by atoms with E-state index in [0.717, 1.165) is 25.7 Å². The monoisotopic (exact) mass is 419 g/mol. The highest BCUT2D eigenvalue weighted by Gasteiger charge is 2.27. The van der Waals surface area contributed by atoms with Crippen LogP contribution in [-0.4, -0.2) is 28.5 Å². The molecule has 0 radical (unpaired) electrons. The average molecular weight is 419 g/mol. The van der Waals surface area contributed by atoms with E-state index in [1.165, 1.54) is 7.11 Å². The molecule has 1 fully saturated rings. The Hall–Kier alpha value is -3.48. The smallest absolute Gasteiger partial charge is 0.339 e. The summed E-state index contributed by atoms with van der Waals surface area (Å²) < 4.78 is 6.47. The molecule has 1 aromatic heterocycles. The largest absolute Gasteiger partial charge is 0.465 e. The van der Waals surface area contributed by atoms with Crippen molar-refractivity contribution in [1.29, 1.82) is 0 Å². The number of anilines is 1. The number of aromatic nitrogens is 2. The second-order valence-corrected chi connectivity index (χ2v) is 7.96. The van der Waals surface area contributed by atoms with Crippen molar-refractivity contribution in [3.05, 3.63) is 70.8 Å². The normalized spacial score (nSPS) is 18.5. The molecule has 4 rings (SSSR count). The van der Waals surface area contributed by atoms with Gasteiger partial charge in [0.05, 0.1) is 35.6 Å². The first-order valence-electron chi connectivity index (χ1n) is 10.5. The fourth-order valence-corrected chi connectivity index (χ4v) is 4.24. The molecule has 1 N–H and O–H groups in total. The number of nitrogens with zero attached hydrogens (tertiary/aromatic N) is 2. The van der Waals surface area contributed by atoms with Gasteiger partial charge in [0.2, 0.25) is 5.91 Å². The molecule has 1 aliphatic rings. The number of carbonyl (C=O) groups excluding carboxylic acids is 2. The highest BCUT2D eigenvalue weighted by molar-refractivity contribution is 6.01. The molecular formula is C24H25N3O4. The topological polar surface area (TPSA) is 90.3 Å². The quantitative estimate of drug-likeness (QED) is 0.638. The summed E-state index contributed by atoms with van der Waals surface area (Å²) in [7, 11) is 1.32. The molecule has 1 aliphatic carbocycles. The van der Waals surface area contributed by atoms with Gasteiger partial charge < -0.3 is 10.1 Å². The van der Waals surface area contributed by atoms with E-state index in [0.29, 0.717) is 34.6 Å². The minimum absolute atomic E-state index is 0.0233. The van der Waals surface area contributed by atoms with Crippen LogP contribution in [0.25, 0.3) is 10.9 Å². The number of rotatable bonds is 5. The lowest BCUT2D eigenvalue weighted by Crippen LogP contribution is -2.31. The fourth-order valence-electron chi connectivity index (χ4n) is 4.24. The van der Waals surface area contributed by atoms with Crippen LogP contribution in [-0.2, 0) is 16.1 Å². The summed E-state index contributed by atoms with van der Waals surface area (Å²) in [5.74, 6) is -0.353. The van der Waals surface area contributed by atoms with Crippen molar-refractivity contribution in [3.8, 4) is 0 Å². The summed E-state index contributed by atoms with van der Waals surface area (Å²) in [4.78, 5) is 41.8. The van der Waals surface area contributed by atoms with Gasteiger partial charge in [0.25, 0.3) is 5.56 Å². The fraction of sp³-hybridized carbons (Fsp3) is 0.333. The Balaban J connectivity index is 1.37. The predicted octanol–water partition coefficient (Wildman–Crippen LogP) is 3.63. The minimum atomic E-state index is -0.478. The molecule has 3 aromatic rings. The molecule has 0 spiro atoms. The molecule has 0 aliphatic heterocycles. The minimum Gasteiger partial charge on any atom is -0.465 e. The van der Waals surface area contributed by atoms with Gasteiger partial charge in [0, 0.05) is 12.5 Å². The van der Waals surface area contributed by atoms with Crippen LogP contribution in [0.5, 0.6) is 0 Å². The summed E-state index contributed by atoms with van der Waals surface area (Å²) in [6.07, 6.45) is 4.82. The van der Waals surface area contributed by atoms with Crippen molar-refractivity contribution >= 4 is 28.5 Å². The molecule has 2 aromatic carbocycles. The lowest BCUT2D eigenvalue weighted by Gasteiger charge is -2.28. The van der Waals surface area contributed by atoms with Gasteiger partial charge >= 0.3 is 5.97 Å². The van der Waals surface area contributed by atoms with Crippen molar-refractivity contribution in [2.75, 3.05) is 12.4 Å². The molecule has 0 atom stereocenters. The Morgan fingerprint density at radius 1 is 1.06 bits per heavy atom. The number of carbonyl (C=O) groups is 2. The van der Waals surface area contributed by atoms with Crippen molar-refractivity contribution in [2.45, 2.75) is 32.2 Å². The summed E-state index contributed by atoms with van der Waals surface area (Å²) in [6, 6.07) is 14.2. The maximum atomic E-state index is 12.8. The number of para-hydroxylation sites is 2. The summed E-state index contributed by atoms with van der Waals surface area (Å²) >= 11 is 0. The summed E-state index contributed by atoms with van der Waals surface area (Å²) in [5.41, 5.74) is 1.49. The number of fused-ring (bicyclic) bond motifs is 1. The zero-order valence-corrected chi connectivity index (χ0v) is 17.4. The van der Waals surface area contributed by atoms with E-state index in [4.69, 9.17) is 4.74 Å². The van der Waals surface area contributed by atoms with Gasteiger partial charge in [-0.25, -0.2) is 9.78 Å². The van der Waals surface area contributed by atoms with Crippen molar-refractivity contribution in [3.63, 3.8) is 0 Å². The summed E-state index contributed by atoms with van der Waals surface area (Å²) in [6.45, 7) is 0.607. The Kier molecular flexibility index (Phi) is 6.11. The molecule has 7 heteroatoms. The highest BCUT2D eigenvalue weighted by atomic mass is 16.5. The standard InChI is InChI=1S/C24H25N3O4/c1-31-24(30)19-7-3-5-9-21(19)26-22(28)17-12-10-16(11-13-17)14-27-15-25-20-8-4-2-6-18(20)23(27)29/h2-9,15-17H,10-14H2,1H3,(H,26,28). The van der Waals surface area contributed by atoms with E-state index in [-0.39, 0.29) is 17.4 Å². The van der Waals surface area contributed by atoms with Gasteiger partial charge in [-0.15, -0.1) is 0 Å². The highest BCUT2D eigenvalue weighted by Crippen LogP contribution is 2.31. The molecule has 160 valence electrons. The molecular weight excluding hydrogens is 394 g/mol. The van der Waals surface area contributed by atoms with Crippen LogP contribution in [0.3, 0.4) is 0 Å². The Bertz CT molecular complexity index is 1160. The predicted molar refractivity (Wildman–Crippen MR) is 118 cm³/mol. The van der Waals surface area contributed by atoms with Gasteiger partial charge in [0.1, 0.15) is 0 Å². The molecule has 31 heavy (non-hydrogen) atoms. The zero-order valence-electron chi connectivity index (χ0n) is 17.4. The van der Waals surface area contributed by atoms with E-state index in [1.54, 1.807) is 41.2 Å². The average Bonchev–Trinajstić information content (AvgIpc) is 2.81. The van der Waals surface area contributed by atoms with Crippen LogP contribution in [0.2, 0.25) is 0 Å². The lowest BCUT2D eigenvalue weighted by atomic mass is 9.81. The molecule has 1 saturated carbocycles. The Morgan fingerprint density at radius 3 is 2.55 bits per heavy atom. The van der Waals surface area contributed by atoms with Crippen LogP contribution in [0.1, 0.15) is 36.0 Å². The van der Waals surface area contributed by atoms with Crippen LogP contribution < -0.4 is 10.9 Å². The number of ether oxygens (including phenoxy) is 1. The lowest BCUT2D eigenvalue weighted by molar-refractivity contribution is -0.121. The molecule has 1 heterocycles. The number of nitrogens with one attached hydrogen (secondary N) is 1. The van der Waals surface area contributed by atoms with Crippen LogP contribution in [0.15, 0.2) is 59.7 Å². The molecule has 7 nitrogen and oxygen atoms in total. The third-order valence-electron chi connectivity index (χ3n) is 5.99. The molecule has 1 amide bonds. The first kappa shape index (κ1) is 20.8. The van der Waals surface area contributed by atoms with E-state index >= 15 is 0 Å². The number of hydrogen-bond donors (Lipinski definition) is 1. The Labute approximate surface area is 180 Å². The zero-order chi connectivity index (χ0) is 21.8. The van der Waals surface area contributed by atoms with Crippen LogP contribution in [0, 0.1) is 11.8 Å². The maximum absolute atomic E-state index is 12.8. The number of methoxy groups -OCH3 is 1. The van der Waals surface area contributed by atoms with Crippen molar-refractivity contribution < 1.29 is 14.3 Å². The van der Waals surface area contributed by atoms with E-state index in [9.17, 15) is 14.4 Å². The third kappa shape index (κ3) is 4.50. The number of esters is 1. The second kappa shape index (κ2) is 9.12. The molecule has 0 unspecified atom stereocenters. The van der Waals surface area contributed by atoms with Gasteiger partial charge in [-0.3, -0.25) is 14.2 Å².